The van der Waals surface area contributed by atoms with Crippen LogP contribution in [0.5, 0.6) is 0 Å². The average Bonchev–Trinajstić information content (AvgIpc) is 3.33. The molecule has 0 aliphatic carbocycles. The van der Waals surface area contributed by atoms with Gasteiger partial charge in [0.05, 0.1) is 16.7 Å². The van der Waals surface area contributed by atoms with E-state index in [2.05, 4.69) is 170 Å². The highest BCUT2D eigenvalue weighted by Gasteiger charge is 2.22. The molecule has 0 bridgehead atoms. The molecule has 0 radical (unpaired) electrons. The lowest BCUT2D eigenvalue weighted by Crippen LogP contribution is -2.13. The molecule has 0 aliphatic heterocycles. The summed E-state index contributed by atoms with van der Waals surface area (Å²) in [5.41, 5.74) is 8.52. The van der Waals surface area contributed by atoms with E-state index in [1.807, 2.05) is 0 Å². The van der Waals surface area contributed by atoms with Crippen LogP contribution in [0.4, 0.5) is 17.1 Å². The predicted octanol–water partition coefficient (Wildman–Crippen LogP) is 10.7. The van der Waals surface area contributed by atoms with Gasteiger partial charge < -0.3 is 9.47 Å². The van der Waals surface area contributed by atoms with E-state index in [0.717, 1.165) is 11.4 Å². The number of rotatable bonds is 4. The summed E-state index contributed by atoms with van der Waals surface area (Å²) in [6.07, 6.45) is 0. The first-order chi connectivity index (χ1) is 19.5. The Morgan fingerprint density at radius 2 is 1.05 bits per heavy atom. The fourth-order valence-corrected chi connectivity index (χ4v) is 5.95. The molecule has 194 valence electrons. The van der Waals surface area contributed by atoms with E-state index in [-0.39, 0.29) is 5.41 Å². The topological polar surface area (TPSA) is 8.17 Å². The van der Waals surface area contributed by atoms with E-state index >= 15 is 0 Å². The van der Waals surface area contributed by atoms with Crippen molar-refractivity contribution in [2.45, 2.75) is 26.2 Å². The molecule has 0 atom stereocenters. The number of para-hydroxylation sites is 3. The molecule has 0 unspecified atom stereocenters. The third-order valence-electron chi connectivity index (χ3n) is 7.91. The molecule has 2 heteroatoms. The van der Waals surface area contributed by atoms with Crippen molar-refractivity contribution in [3.63, 3.8) is 0 Å². The maximum atomic E-state index is 2.42. The van der Waals surface area contributed by atoms with Gasteiger partial charge in [0.1, 0.15) is 0 Å². The van der Waals surface area contributed by atoms with E-state index < -0.39 is 0 Å². The van der Waals surface area contributed by atoms with Gasteiger partial charge in [0.2, 0.25) is 0 Å². The molecule has 7 rings (SSSR count). The molecule has 1 heterocycles. The van der Waals surface area contributed by atoms with Gasteiger partial charge in [0.25, 0.3) is 0 Å². The third kappa shape index (κ3) is 3.96. The molecule has 2 nitrogen and oxygen atoms in total. The van der Waals surface area contributed by atoms with Crippen molar-refractivity contribution in [3.05, 3.63) is 145 Å². The molecule has 0 fully saturated rings. The van der Waals surface area contributed by atoms with Crippen LogP contribution in [0.1, 0.15) is 26.3 Å². The lowest BCUT2D eigenvalue weighted by Gasteiger charge is -2.28. The number of benzene rings is 6. The maximum absolute atomic E-state index is 2.42. The number of fused-ring (bicyclic) bond motifs is 5. The van der Waals surface area contributed by atoms with Crippen LogP contribution in [0, 0.1) is 0 Å². The standard InChI is InChI=1S/C38H32N2/c1-38(2,3)27-22-24-30(25-23-27)39(28-14-6-4-7-15-28)36-26-34-32-19-12-13-21-35(32)40(29-16-8-5-9-17-29)37(34)33-20-11-10-18-31(33)36/h4-26H,1-3H3. The highest BCUT2D eigenvalue weighted by Crippen LogP contribution is 2.45. The molecule has 0 N–H and O–H groups in total. The summed E-state index contributed by atoms with van der Waals surface area (Å²) in [4.78, 5) is 2.41. The first-order valence-corrected chi connectivity index (χ1v) is 14.0. The van der Waals surface area contributed by atoms with E-state index in [0.29, 0.717) is 0 Å². The molecule has 1 aromatic heterocycles. The van der Waals surface area contributed by atoms with Crippen molar-refractivity contribution >= 4 is 49.6 Å². The van der Waals surface area contributed by atoms with Crippen LogP contribution >= 0.6 is 0 Å². The van der Waals surface area contributed by atoms with Crippen LogP contribution in [0.3, 0.4) is 0 Å². The zero-order valence-corrected chi connectivity index (χ0v) is 23.2. The Bertz CT molecular complexity index is 1960. The second-order valence-corrected chi connectivity index (χ2v) is 11.5. The van der Waals surface area contributed by atoms with Gasteiger partial charge in [0, 0.05) is 38.6 Å². The van der Waals surface area contributed by atoms with E-state index in [1.54, 1.807) is 0 Å². The van der Waals surface area contributed by atoms with E-state index in [4.69, 9.17) is 0 Å². The molecule has 0 spiro atoms. The molecular formula is C38H32N2. The van der Waals surface area contributed by atoms with Crippen molar-refractivity contribution in [1.82, 2.24) is 4.57 Å². The fourth-order valence-electron chi connectivity index (χ4n) is 5.95. The zero-order chi connectivity index (χ0) is 27.3. The summed E-state index contributed by atoms with van der Waals surface area (Å²) in [5, 5.41) is 4.96. The van der Waals surface area contributed by atoms with E-state index in [9.17, 15) is 0 Å². The summed E-state index contributed by atoms with van der Waals surface area (Å²) in [5.74, 6) is 0. The van der Waals surface area contributed by atoms with Crippen LogP contribution in [-0.2, 0) is 5.41 Å². The quantitative estimate of drug-likeness (QED) is 0.226. The Hall–Kier alpha value is -4.82. The normalized spacial score (nSPS) is 11.9. The van der Waals surface area contributed by atoms with E-state index in [1.165, 1.54) is 49.5 Å². The minimum atomic E-state index is 0.0982. The lowest BCUT2D eigenvalue weighted by atomic mass is 9.87. The molecule has 40 heavy (non-hydrogen) atoms. The Labute approximate surface area is 235 Å². The Kier molecular flexibility index (Phi) is 5.71. The number of anilines is 3. The van der Waals surface area contributed by atoms with Gasteiger partial charge in [-0.25, -0.2) is 0 Å². The monoisotopic (exact) mass is 516 g/mol. The number of hydrogen-bond donors (Lipinski definition) is 0. The summed E-state index contributed by atoms with van der Waals surface area (Å²) >= 11 is 0. The van der Waals surface area contributed by atoms with Gasteiger partial charge in [-0.3, -0.25) is 0 Å². The van der Waals surface area contributed by atoms with Crippen molar-refractivity contribution < 1.29 is 0 Å². The molecule has 6 aromatic carbocycles. The second-order valence-electron chi connectivity index (χ2n) is 11.5. The Balaban J connectivity index is 1.58. The van der Waals surface area contributed by atoms with Crippen molar-refractivity contribution in [1.29, 1.82) is 0 Å². The summed E-state index contributed by atoms with van der Waals surface area (Å²) in [7, 11) is 0. The minimum Gasteiger partial charge on any atom is -0.310 e. The lowest BCUT2D eigenvalue weighted by molar-refractivity contribution is 0.590. The fraction of sp³-hybridized carbons (Fsp3) is 0.105. The SMILES string of the molecule is CC(C)(C)c1ccc(N(c2ccccc2)c2cc3c4ccccc4n(-c4ccccc4)c3c3ccccc23)cc1. The van der Waals surface area contributed by atoms with Crippen molar-refractivity contribution in [2.24, 2.45) is 0 Å². The van der Waals surface area contributed by atoms with Gasteiger partial charge in [-0.1, -0.05) is 112 Å². The van der Waals surface area contributed by atoms with Gasteiger partial charge in [0.15, 0.2) is 0 Å². The summed E-state index contributed by atoms with van der Waals surface area (Å²) in [6, 6.07) is 50.5. The largest absolute Gasteiger partial charge is 0.310 e. The van der Waals surface area contributed by atoms with Gasteiger partial charge >= 0.3 is 0 Å². The molecule has 0 amide bonds. The van der Waals surface area contributed by atoms with Gasteiger partial charge in [-0.05, 0) is 59.5 Å². The van der Waals surface area contributed by atoms with Gasteiger partial charge in [-0.2, -0.15) is 0 Å². The Morgan fingerprint density at radius 3 is 1.73 bits per heavy atom. The molecule has 0 aliphatic rings. The molecular weight excluding hydrogens is 484 g/mol. The third-order valence-corrected chi connectivity index (χ3v) is 7.91. The van der Waals surface area contributed by atoms with Crippen LogP contribution < -0.4 is 4.90 Å². The summed E-state index contributed by atoms with van der Waals surface area (Å²) < 4.78 is 2.42. The molecule has 7 aromatic rings. The number of nitrogens with zero attached hydrogens (tertiary/aromatic N) is 2. The molecule has 0 saturated carbocycles. The highest BCUT2D eigenvalue weighted by molar-refractivity contribution is 6.22. The van der Waals surface area contributed by atoms with Crippen molar-refractivity contribution in [3.8, 4) is 5.69 Å². The second kappa shape index (κ2) is 9.43. The minimum absolute atomic E-state index is 0.0982. The van der Waals surface area contributed by atoms with Crippen LogP contribution in [-0.4, -0.2) is 4.57 Å². The molecule has 0 saturated heterocycles. The number of hydrogen-bond acceptors (Lipinski definition) is 1. The highest BCUT2D eigenvalue weighted by atomic mass is 15.1. The van der Waals surface area contributed by atoms with Crippen LogP contribution in [0.25, 0.3) is 38.3 Å². The van der Waals surface area contributed by atoms with Crippen molar-refractivity contribution in [2.75, 3.05) is 4.90 Å². The first-order valence-electron chi connectivity index (χ1n) is 14.0. The first kappa shape index (κ1) is 24.2. The smallest absolute Gasteiger partial charge is 0.0621 e. The summed E-state index contributed by atoms with van der Waals surface area (Å²) in [6.45, 7) is 6.79. The Morgan fingerprint density at radius 1 is 0.500 bits per heavy atom. The predicted molar refractivity (Wildman–Crippen MR) is 172 cm³/mol. The number of aromatic nitrogens is 1. The zero-order valence-electron chi connectivity index (χ0n) is 23.2. The van der Waals surface area contributed by atoms with Gasteiger partial charge in [-0.15, -0.1) is 0 Å². The van der Waals surface area contributed by atoms with Crippen LogP contribution in [0.2, 0.25) is 0 Å². The average molecular weight is 517 g/mol. The maximum Gasteiger partial charge on any atom is 0.0621 e. The van der Waals surface area contributed by atoms with Crippen LogP contribution in [0.15, 0.2) is 140 Å².